The van der Waals surface area contributed by atoms with Gasteiger partial charge in [0.05, 0.1) is 0 Å². The highest BCUT2D eigenvalue weighted by Crippen LogP contribution is 2.28. The molecule has 2 rings (SSSR count). The Morgan fingerprint density at radius 1 is 0.485 bits per heavy atom. The molecule has 0 bridgehead atoms. The molecule has 0 fully saturated rings. The van der Waals surface area contributed by atoms with Crippen LogP contribution in [0, 0.1) is 0 Å². The molecule has 0 aliphatic heterocycles. The van der Waals surface area contributed by atoms with Crippen LogP contribution in [0.4, 0.5) is 0 Å². The van der Waals surface area contributed by atoms with Crippen LogP contribution in [-0.2, 0) is 25.9 Å². The van der Waals surface area contributed by atoms with E-state index in [1.165, 1.54) is 0 Å². The summed E-state index contributed by atoms with van der Waals surface area (Å²) < 4.78 is 39.4. The van der Waals surface area contributed by atoms with Crippen molar-refractivity contribution in [2.75, 3.05) is 26.4 Å². The van der Waals surface area contributed by atoms with Gasteiger partial charge < -0.3 is 25.9 Å². The second-order valence-corrected chi connectivity index (χ2v) is 16.7. The maximum absolute atomic E-state index is 7.16. The van der Waals surface area contributed by atoms with E-state index in [-0.39, 0.29) is 0 Å². The van der Waals surface area contributed by atoms with Crippen LogP contribution in [0.15, 0.2) is 60.7 Å². The summed E-state index contributed by atoms with van der Waals surface area (Å²) >= 11 is 0. The lowest BCUT2D eigenvalue weighted by molar-refractivity contribution is 0.0854. The smallest absolute Gasteiger partial charge is 0.387 e. The highest BCUT2D eigenvalue weighted by Gasteiger charge is 2.58. The van der Waals surface area contributed by atoms with E-state index in [2.05, 4.69) is 38.1 Å². The first-order chi connectivity index (χ1) is 16.0. The molecule has 0 aromatic heterocycles. The van der Waals surface area contributed by atoms with Crippen molar-refractivity contribution in [3.05, 3.63) is 60.7 Å². The summed E-state index contributed by atoms with van der Waals surface area (Å²) in [4.78, 5) is 0. The Morgan fingerprint density at radius 2 is 0.788 bits per heavy atom. The molecule has 0 heterocycles. The maximum Gasteiger partial charge on any atom is 0.492 e. The lowest BCUT2D eigenvalue weighted by Gasteiger charge is -2.43. The van der Waals surface area contributed by atoms with Crippen LogP contribution in [0.3, 0.4) is 0 Å². The Bertz CT molecular complexity index is 714. The first-order valence-corrected chi connectivity index (χ1v) is 17.7. The molecular weight excluding hydrogens is 469 g/mol. The van der Waals surface area contributed by atoms with Crippen LogP contribution in [0.1, 0.15) is 41.5 Å². The molecule has 0 amide bonds. The average Bonchev–Trinajstić information content (AvgIpc) is 2.85. The van der Waals surface area contributed by atoms with Crippen LogP contribution in [0.25, 0.3) is 0 Å². The molecule has 0 radical (unpaired) electrons. The Labute approximate surface area is 203 Å². The van der Waals surface area contributed by atoms with Gasteiger partial charge in [0.25, 0.3) is 0 Å². The summed E-state index contributed by atoms with van der Waals surface area (Å²) in [5, 5.41) is 1.95. The SMILES string of the molecule is CCO[Si](CC)(OCC)O[Si](O[Si](CC)(OCC)OCC)(c1ccccc1)c1ccccc1. The fourth-order valence-electron chi connectivity index (χ4n) is 3.81. The molecule has 9 heteroatoms. The fraction of sp³-hybridized carbons (Fsp3) is 0.500. The van der Waals surface area contributed by atoms with Crippen LogP contribution in [-0.4, -0.2) is 52.6 Å². The van der Waals surface area contributed by atoms with Gasteiger partial charge in [-0.25, -0.2) is 0 Å². The van der Waals surface area contributed by atoms with E-state index in [4.69, 9.17) is 25.9 Å². The highest BCUT2D eigenvalue weighted by atomic mass is 28.5. The molecule has 184 valence electrons. The van der Waals surface area contributed by atoms with Gasteiger partial charge in [0, 0.05) is 38.5 Å². The van der Waals surface area contributed by atoms with E-state index < -0.39 is 26.2 Å². The lowest BCUT2D eigenvalue weighted by Crippen LogP contribution is -2.73. The molecule has 2 aromatic rings. The molecule has 0 atom stereocenters. The van der Waals surface area contributed by atoms with Crippen LogP contribution in [0.2, 0.25) is 12.1 Å². The van der Waals surface area contributed by atoms with E-state index in [1.807, 2.05) is 64.1 Å². The third kappa shape index (κ3) is 6.93. The molecule has 0 saturated heterocycles. The normalized spacial score (nSPS) is 12.8. The van der Waals surface area contributed by atoms with E-state index in [9.17, 15) is 0 Å². The Kier molecular flexibility index (Phi) is 11.6. The number of hydrogen-bond donors (Lipinski definition) is 0. The maximum atomic E-state index is 7.16. The van der Waals surface area contributed by atoms with Gasteiger partial charge in [-0.2, -0.15) is 0 Å². The van der Waals surface area contributed by atoms with Gasteiger partial charge in [0.15, 0.2) is 0 Å². The minimum absolute atomic E-state index is 0.501. The van der Waals surface area contributed by atoms with Crippen molar-refractivity contribution in [1.29, 1.82) is 0 Å². The summed E-state index contributed by atoms with van der Waals surface area (Å²) in [5.41, 5.74) is 0. The largest absolute Gasteiger partial charge is 0.492 e. The van der Waals surface area contributed by atoms with Crippen molar-refractivity contribution < 1.29 is 25.9 Å². The Hall–Kier alpha value is -1.15. The van der Waals surface area contributed by atoms with E-state index in [0.717, 1.165) is 10.4 Å². The zero-order chi connectivity index (χ0) is 24.2. The van der Waals surface area contributed by atoms with Gasteiger partial charge in [-0.05, 0) is 38.1 Å². The fourth-order valence-corrected chi connectivity index (χ4v) is 16.2. The number of rotatable bonds is 16. The second-order valence-electron chi connectivity index (χ2n) is 7.36. The molecule has 0 unspecified atom stereocenters. The zero-order valence-corrected chi connectivity index (χ0v) is 24.0. The molecule has 0 spiro atoms. The summed E-state index contributed by atoms with van der Waals surface area (Å²) in [6.07, 6.45) is 0. The van der Waals surface area contributed by atoms with Gasteiger partial charge in [0.1, 0.15) is 0 Å². The zero-order valence-electron chi connectivity index (χ0n) is 21.0. The highest BCUT2D eigenvalue weighted by molar-refractivity contribution is 7.00. The minimum atomic E-state index is -3.39. The predicted molar refractivity (Wildman–Crippen MR) is 139 cm³/mol. The van der Waals surface area contributed by atoms with E-state index in [1.54, 1.807) is 0 Å². The van der Waals surface area contributed by atoms with Crippen molar-refractivity contribution in [3.8, 4) is 0 Å². The molecule has 6 nitrogen and oxygen atoms in total. The average molecular weight is 509 g/mol. The van der Waals surface area contributed by atoms with Crippen molar-refractivity contribution >= 4 is 36.5 Å². The van der Waals surface area contributed by atoms with Gasteiger partial charge in [-0.3, -0.25) is 0 Å². The standard InChI is InChI=1S/C24H40O6Si3/c1-7-25-31(11-5,26-8-2)29-33(23-19-15-13-16-20-23,24-21-17-14-18-22-24)30-32(12-6,27-9-3)28-10-4/h13-22H,7-12H2,1-6H3. The van der Waals surface area contributed by atoms with Crippen molar-refractivity contribution in [1.82, 2.24) is 0 Å². The minimum Gasteiger partial charge on any atom is -0.387 e. The number of benzene rings is 2. The Morgan fingerprint density at radius 3 is 1.03 bits per heavy atom. The third-order valence-corrected chi connectivity index (χ3v) is 16.8. The molecule has 2 aromatic carbocycles. The molecule has 0 aliphatic carbocycles. The van der Waals surface area contributed by atoms with Crippen molar-refractivity contribution in [3.63, 3.8) is 0 Å². The summed E-state index contributed by atoms with van der Waals surface area (Å²) in [7, 11) is -9.55. The van der Waals surface area contributed by atoms with E-state index in [0.29, 0.717) is 38.5 Å². The van der Waals surface area contributed by atoms with Gasteiger partial charge in [0.2, 0.25) is 0 Å². The molecule has 0 saturated carbocycles. The van der Waals surface area contributed by atoms with Crippen LogP contribution < -0.4 is 10.4 Å². The predicted octanol–water partition coefficient (Wildman–Crippen LogP) is 4.34. The molecular formula is C24H40O6Si3. The Balaban J connectivity index is 2.81. The van der Waals surface area contributed by atoms with E-state index >= 15 is 0 Å². The molecule has 33 heavy (non-hydrogen) atoms. The molecule has 0 N–H and O–H groups in total. The summed E-state index contributed by atoms with van der Waals surface area (Å²) in [5.74, 6) is 0. The first-order valence-electron chi connectivity index (χ1n) is 12.1. The second kappa shape index (κ2) is 13.7. The molecule has 0 aliphatic rings. The summed E-state index contributed by atoms with van der Waals surface area (Å²) in [6, 6.07) is 21.6. The van der Waals surface area contributed by atoms with Crippen LogP contribution >= 0.6 is 0 Å². The third-order valence-electron chi connectivity index (χ3n) is 5.23. The van der Waals surface area contributed by atoms with Crippen molar-refractivity contribution in [2.45, 2.75) is 53.6 Å². The van der Waals surface area contributed by atoms with Gasteiger partial charge in [-0.15, -0.1) is 0 Å². The van der Waals surface area contributed by atoms with Gasteiger partial charge >= 0.3 is 26.2 Å². The summed E-state index contributed by atoms with van der Waals surface area (Å²) in [6.45, 7) is 14.0. The van der Waals surface area contributed by atoms with Crippen LogP contribution in [0.5, 0.6) is 0 Å². The quantitative estimate of drug-likeness (QED) is 0.315. The number of hydrogen-bond acceptors (Lipinski definition) is 6. The monoisotopic (exact) mass is 508 g/mol. The first kappa shape index (κ1) is 28.1. The lowest BCUT2D eigenvalue weighted by atomic mass is 10.4. The topological polar surface area (TPSA) is 55.4 Å². The van der Waals surface area contributed by atoms with Gasteiger partial charge in [-0.1, -0.05) is 74.5 Å². The van der Waals surface area contributed by atoms with Crippen molar-refractivity contribution in [2.24, 2.45) is 0 Å².